The first-order valence-electron chi connectivity index (χ1n) is 7.85. The summed E-state index contributed by atoms with van der Waals surface area (Å²) in [7, 11) is 0. The van der Waals surface area contributed by atoms with E-state index in [-0.39, 0.29) is 10.2 Å². The number of thiocarbonyl (C=S) groups is 1. The zero-order valence-electron chi connectivity index (χ0n) is 13.9. The third-order valence-electron chi connectivity index (χ3n) is 3.94. The quantitative estimate of drug-likeness (QED) is 0.582. The molecule has 0 saturated carbocycles. The highest BCUT2D eigenvalue weighted by molar-refractivity contribution is 8.26. The fraction of sp³-hybridized carbons (Fsp3) is 0.222. The molecule has 1 N–H and O–H groups in total. The summed E-state index contributed by atoms with van der Waals surface area (Å²) in [5.74, 6) is -0.738. The van der Waals surface area contributed by atoms with E-state index in [4.69, 9.17) is 12.2 Å². The standard InChI is InChI=1S/C18H16N2O3S3/c1-25-8-6-14(17(22)23)20-16(21)15(26-18(20)24)10-11-4-5-13-12(9-11)3-2-7-19-13/h2-5,7,9-10,14H,6,8H2,1H3,(H,22,23)/b15-10+/t14-/m1/s1. The van der Waals surface area contributed by atoms with Crippen molar-refractivity contribution in [2.24, 2.45) is 0 Å². The maximum absolute atomic E-state index is 12.8. The Morgan fingerprint density at radius 1 is 1.46 bits per heavy atom. The molecule has 0 radical (unpaired) electrons. The van der Waals surface area contributed by atoms with Crippen molar-refractivity contribution in [3.8, 4) is 0 Å². The van der Waals surface area contributed by atoms with Crippen molar-refractivity contribution in [2.45, 2.75) is 12.5 Å². The van der Waals surface area contributed by atoms with Gasteiger partial charge in [0.1, 0.15) is 10.4 Å². The molecule has 134 valence electrons. The minimum absolute atomic E-state index is 0.289. The highest BCUT2D eigenvalue weighted by atomic mass is 32.2. The first-order chi connectivity index (χ1) is 12.5. The molecule has 1 aliphatic rings. The summed E-state index contributed by atoms with van der Waals surface area (Å²) in [6.45, 7) is 0. The van der Waals surface area contributed by atoms with Crippen molar-refractivity contribution >= 4 is 68.9 Å². The van der Waals surface area contributed by atoms with Crippen LogP contribution in [-0.4, -0.2) is 49.2 Å². The third-order valence-corrected chi connectivity index (χ3v) is 5.91. The van der Waals surface area contributed by atoms with E-state index in [9.17, 15) is 14.7 Å². The van der Waals surface area contributed by atoms with Gasteiger partial charge in [-0.05, 0) is 48.3 Å². The van der Waals surface area contributed by atoms with Gasteiger partial charge in [-0.15, -0.1) is 0 Å². The Labute approximate surface area is 164 Å². The Balaban J connectivity index is 1.89. The van der Waals surface area contributed by atoms with Crippen LogP contribution in [0.25, 0.3) is 17.0 Å². The number of carbonyl (C=O) groups is 2. The van der Waals surface area contributed by atoms with Crippen molar-refractivity contribution in [1.29, 1.82) is 0 Å². The summed E-state index contributed by atoms with van der Waals surface area (Å²) in [4.78, 5) is 30.3. The smallest absolute Gasteiger partial charge is 0.326 e. The number of amides is 1. The average molecular weight is 405 g/mol. The lowest BCUT2D eigenvalue weighted by Crippen LogP contribution is -2.44. The van der Waals surface area contributed by atoms with Crippen LogP contribution in [0.15, 0.2) is 41.4 Å². The molecule has 0 unspecified atom stereocenters. The van der Waals surface area contributed by atoms with Crippen molar-refractivity contribution < 1.29 is 14.7 Å². The number of pyridine rings is 1. The molecule has 26 heavy (non-hydrogen) atoms. The van der Waals surface area contributed by atoms with E-state index in [0.29, 0.717) is 17.1 Å². The van der Waals surface area contributed by atoms with Crippen molar-refractivity contribution in [1.82, 2.24) is 9.88 Å². The Bertz CT molecular complexity index is 913. The molecule has 8 heteroatoms. The fourth-order valence-electron chi connectivity index (χ4n) is 2.68. The van der Waals surface area contributed by atoms with Crippen LogP contribution in [-0.2, 0) is 9.59 Å². The lowest BCUT2D eigenvalue weighted by atomic mass is 10.1. The summed E-state index contributed by atoms with van der Waals surface area (Å²) in [6.07, 6.45) is 5.74. The van der Waals surface area contributed by atoms with Crippen LogP contribution in [0.5, 0.6) is 0 Å². The van der Waals surface area contributed by atoms with Gasteiger partial charge in [0.25, 0.3) is 5.91 Å². The predicted molar refractivity (Wildman–Crippen MR) is 111 cm³/mol. The Morgan fingerprint density at radius 2 is 2.27 bits per heavy atom. The Morgan fingerprint density at radius 3 is 3.00 bits per heavy atom. The molecular weight excluding hydrogens is 388 g/mol. The molecule has 2 aromatic rings. The van der Waals surface area contributed by atoms with E-state index < -0.39 is 12.0 Å². The van der Waals surface area contributed by atoms with E-state index in [0.717, 1.165) is 28.2 Å². The van der Waals surface area contributed by atoms with Gasteiger partial charge >= 0.3 is 5.97 Å². The molecule has 3 rings (SSSR count). The van der Waals surface area contributed by atoms with E-state index in [2.05, 4.69) is 4.98 Å². The molecule has 2 heterocycles. The number of carbonyl (C=O) groups excluding carboxylic acids is 1. The molecule has 5 nitrogen and oxygen atoms in total. The second kappa shape index (κ2) is 8.20. The monoisotopic (exact) mass is 404 g/mol. The van der Waals surface area contributed by atoms with Crippen LogP contribution >= 0.6 is 35.7 Å². The minimum atomic E-state index is -1.03. The van der Waals surface area contributed by atoms with Crippen LogP contribution in [0.1, 0.15) is 12.0 Å². The molecule has 1 aromatic carbocycles. The van der Waals surface area contributed by atoms with E-state index >= 15 is 0 Å². The predicted octanol–water partition coefficient (Wildman–Crippen LogP) is 3.64. The highest BCUT2D eigenvalue weighted by Crippen LogP contribution is 2.35. The molecule has 1 atom stereocenters. The number of benzene rings is 1. The zero-order chi connectivity index (χ0) is 18.7. The molecule has 1 saturated heterocycles. The lowest BCUT2D eigenvalue weighted by molar-refractivity contribution is -0.145. The maximum atomic E-state index is 12.8. The summed E-state index contributed by atoms with van der Waals surface area (Å²) >= 11 is 7.97. The number of carboxylic acids is 1. The molecule has 1 fully saturated rings. The van der Waals surface area contributed by atoms with E-state index in [1.807, 2.05) is 36.6 Å². The summed E-state index contributed by atoms with van der Waals surface area (Å²) in [6, 6.07) is 8.59. The lowest BCUT2D eigenvalue weighted by Gasteiger charge is -2.22. The minimum Gasteiger partial charge on any atom is -0.480 e. The number of nitrogens with zero attached hydrogens (tertiary/aromatic N) is 2. The number of hydrogen-bond donors (Lipinski definition) is 1. The van der Waals surface area contributed by atoms with Gasteiger partial charge in [0.15, 0.2) is 0 Å². The fourth-order valence-corrected chi connectivity index (χ4v) is 4.49. The number of carboxylic acid groups (broad SMARTS) is 1. The van der Waals surface area contributed by atoms with Gasteiger partial charge < -0.3 is 5.11 Å². The molecule has 1 aromatic heterocycles. The molecule has 0 spiro atoms. The van der Waals surface area contributed by atoms with Crippen LogP contribution < -0.4 is 0 Å². The Kier molecular flexibility index (Phi) is 5.95. The number of fused-ring (bicyclic) bond motifs is 1. The highest BCUT2D eigenvalue weighted by Gasteiger charge is 2.40. The normalized spacial score (nSPS) is 17.3. The summed E-state index contributed by atoms with van der Waals surface area (Å²) in [5, 5.41) is 10.5. The van der Waals surface area contributed by atoms with Gasteiger partial charge in [-0.25, -0.2) is 4.79 Å². The third kappa shape index (κ3) is 3.92. The van der Waals surface area contributed by atoms with Crippen molar-refractivity contribution in [3.63, 3.8) is 0 Å². The van der Waals surface area contributed by atoms with Gasteiger partial charge in [0, 0.05) is 11.6 Å². The summed E-state index contributed by atoms with van der Waals surface area (Å²) in [5.41, 5.74) is 1.72. The number of aromatic nitrogens is 1. The average Bonchev–Trinajstić information content (AvgIpc) is 2.89. The number of aliphatic carboxylic acids is 1. The molecule has 1 aliphatic heterocycles. The maximum Gasteiger partial charge on any atom is 0.326 e. The van der Waals surface area contributed by atoms with Crippen molar-refractivity contribution in [2.75, 3.05) is 12.0 Å². The van der Waals surface area contributed by atoms with Gasteiger partial charge in [0.2, 0.25) is 0 Å². The van der Waals surface area contributed by atoms with Gasteiger partial charge in [-0.3, -0.25) is 14.7 Å². The molecular formula is C18H16N2O3S3. The number of hydrogen-bond acceptors (Lipinski definition) is 6. The van der Waals surface area contributed by atoms with Gasteiger partial charge in [-0.1, -0.05) is 36.1 Å². The zero-order valence-corrected chi connectivity index (χ0v) is 16.4. The first kappa shape index (κ1) is 18.9. The van der Waals surface area contributed by atoms with Gasteiger partial charge in [-0.2, -0.15) is 11.8 Å². The first-order valence-corrected chi connectivity index (χ1v) is 10.5. The van der Waals surface area contributed by atoms with Crippen LogP contribution in [0.2, 0.25) is 0 Å². The molecule has 1 amide bonds. The molecule has 0 bridgehead atoms. The van der Waals surface area contributed by atoms with Crippen LogP contribution in [0, 0.1) is 0 Å². The van der Waals surface area contributed by atoms with E-state index in [1.54, 1.807) is 24.0 Å². The van der Waals surface area contributed by atoms with Crippen LogP contribution in [0.4, 0.5) is 0 Å². The second-order valence-corrected chi connectivity index (χ2v) is 8.30. The second-order valence-electron chi connectivity index (χ2n) is 5.64. The van der Waals surface area contributed by atoms with Gasteiger partial charge in [0.05, 0.1) is 10.4 Å². The topological polar surface area (TPSA) is 70.5 Å². The number of rotatable bonds is 6. The Hall–Kier alpha value is -1.90. The largest absolute Gasteiger partial charge is 0.480 e. The summed E-state index contributed by atoms with van der Waals surface area (Å²) < 4.78 is 0.289. The SMILES string of the molecule is CSCC[C@H](C(=O)O)N1C(=O)/C(=C\c2ccc3ncccc3c2)SC1=S. The number of thioether (sulfide) groups is 2. The van der Waals surface area contributed by atoms with E-state index in [1.165, 1.54) is 4.90 Å². The molecule has 0 aliphatic carbocycles. The van der Waals surface area contributed by atoms with Crippen molar-refractivity contribution in [3.05, 3.63) is 47.0 Å². The van der Waals surface area contributed by atoms with Crippen LogP contribution in [0.3, 0.4) is 0 Å².